The average molecular weight is 224 g/mol. The number of hydrogen-bond acceptors (Lipinski definition) is 2. The molecule has 1 N–H and O–H groups in total. The van der Waals surface area contributed by atoms with Crippen molar-refractivity contribution in [1.82, 2.24) is 0 Å². The van der Waals surface area contributed by atoms with Gasteiger partial charge in [0, 0.05) is 12.5 Å². The van der Waals surface area contributed by atoms with Gasteiger partial charge in [0.1, 0.15) is 11.6 Å². The van der Waals surface area contributed by atoms with Crippen molar-refractivity contribution < 1.29 is 18.3 Å². The Hall–Kier alpha value is -1.68. The SMILES string of the molecule is OC(Cc1ccoc1)c1cc(F)cc(F)c1. The molecule has 0 saturated heterocycles. The van der Waals surface area contributed by atoms with Gasteiger partial charge in [-0.2, -0.15) is 0 Å². The quantitative estimate of drug-likeness (QED) is 0.869. The monoisotopic (exact) mass is 224 g/mol. The van der Waals surface area contributed by atoms with E-state index in [0.717, 1.165) is 23.8 Å². The third kappa shape index (κ3) is 2.46. The number of rotatable bonds is 3. The molecule has 1 atom stereocenters. The summed E-state index contributed by atoms with van der Waals surface area (Å²) in [5.41, 5.74) is 0.996. The van der Waals surface area contributed by atoms with Crippen molar-refractivity contribution in [1.29, 1.82) is 0 Å². The summed E-state index contributed by atoms with van der Waals surface area (Å²) in [6, 6.07) is 4.70. The Morgan fingerprint density at radius 2 is 1.88 bits per heavy atom. The molecule has 1 aromatic carbocycles. The normalized spacial score (nSPS) is 12.7. The molecule has 0 saturated carbocycles. The number of benzene rings is 1. The highest BCUT2D eigenvalue weighted by molar-refractivity contribution is 5.22. The lowest BCUT2D eigenvalue weighted by Crippen LogP contribution is -2.02. The second kappa shape index (κ2) is 4.45. The molecule has 2 aromatic rings. The van der Waals surface area contributed by atoms with Crippen molar-refractivity contribution in [3.05, 3.63) is 59.6 Å². The molecule has 84 valence electrons. The fourth-order valence-corrected chi connectivity index (χ4v) is 1.52. The first kappa shape index (κ1) is 10.8. The lowest BCUT2D eigenvalue weighted by Gasteiger charge is -2.09. The van der Waals surface area contributed by atoms with Crippen LogP contribution in [0.3, 0.4) is 0 Å². The molecule has 0 fully saturated rings. The van der Waals surface area contributed by atoms with Gasteiger partial charge >= 0.3 is 0 Å². The molecule has 0 radical (unpaired) electrons. The first-order chi connectivity index (χ1) is 7.65. The highest BCUT2D eigenvalue weighted by Gasteiger charge is 2.11. The summed E-state index contributed by atoms with van der Waals surface area (Å²) >= 11 is 0. The van der Waals surface area contributed by atoms with E-state index in [9.17, 15) is 13.9 Å². The molecule has 1 unspecified atom stereocenters. The van der Waals surface area contributed by atoms with Crippen molar-refractivity contribution >= 4 is 0 Å². The van der Waals surface area contributed by atoms with E-state index in [2.05, 4.69) is 0 Å². The predicted octanol–water partition coefficient (Wildman–Crippen LogP) is 2.83. The summed E-state index contributed by atoms with van der Waals surface area (Å²) < 4.78 is 30.6. The Balaban J connectivity index is 2.17. The van der Waals surface area contributed by atoms with Gasteiger partial charge in [-0.1, -0.05) is 0 Å². The minimum absolute atomic E-state index is 0.221. The Bertz CT molecular complexity index is 446. The Morgan fingerprint density at radius 1 is 1.19 bits per heavy atom. The number of aliphatic hydroxyl groups is 1. The van der Waals surface area contributed by atoms with E-state index in [-0.39, 0.29) is 12.0 Å². The zero-order chi connectivity index (χ0) is 11.5. The van der Waals surface area contributed by atoms with Crippen molar-refractivity contribution in [2.45, 2.75) is 12.5 Å². The van der Waals surface area contributed by atoms with Gasteiger partial charge in [0.05, 0.1) is 18.6 Å². The number of furan rings is 1. The Kier molecular flexibility index (Phi) is 3.01. The average Bonchev–Trinajstić information content (AvgIpc) is 2.68. The summed E-state index contributed by atoms with van der Waals surface area (Å²) in [6.45, 7) is 0. The first-order valence-corrected chi connectivity index (χ1v) is 4.80. The number of hydrogen-bond donors (Lipinski definition) is 1. The van der Waals surface area contributed by atoms with Gasteiger partial charge in [-0.25, -0.2) is 8.78 Å². The Morgan fingerprint density at radius 3 is 2.44 bits per heavy atom. The largest absolute Gasteiger partial charge is 0.472 e. The van der Waals surface area contributed by atoms with Crippen molar-refractivity contribution in [3.8, 4) is 0 Å². The first-order valence-electron chi connectivity index (χ1n) is 4.80. The molecule has 0 aliphatic carbocycles. The van der Waals surface area contributed by atoms with Gasteiger partial charge in [-0.05, 0) is 29.3 Å². The molecule has 1 aromatic heterocycles. The summed E-state index contributed by atoms with van der Waals surface area (Å²) in [7, 11) is 0. The van der Waals surface area contributed by atoms with Crippen LogP contribution in [0.1, 0.15) is 17.2 Å². The maximum absolute atomic E-state index is 12.9. The van der Waals surface area contributed by atoms with E-state index in [4.69, 9.17) is 4.42 Å². The highest BCUT2D eigenvalue weighted by atomic mass is 19.1. The van der Waals surface area contributed by atoms with Gasteiger partial charge in [0.15, 0.2) is 0 Å². The molecular formula is C12H10F2O2. The summed E-state index contributed by atoms with van der Waals surface area (Å²) in [5.74, 6) is -1.39. The molecular weight excluding hydrogens is 214 g/mol. The van der Waals surface area contributed by atoms with Crippen LogP contribution in [-0.2, 0) is 6.42 Å². The van der Waals surface area contributed by atoms with Gasteiger partial charge in [0.2, 0.25) is 0 Å². The van der Waals surface area contributed by atoms with E-state index >= 15 is 0 Å². The smallest absolute Gasteiger partial charge is 0.126 e. The van der Waals surface area contributed by atoms with Crippen LogP contribution >= 0.6 is 0 Å². The van der Waals surface area contributed by atoms with Gasteiger partial charge < -0.3 is 9.52 Å². The second-order valence-electron chi connectivity index (χ2n) is 3.55. The van der Waals surface area contributed by atoms with Gasteiger partial charge in [0.25, 0.3) is 0 Å². The van der Waals surface area contributed by atoms with Crippen LogP contribution in [0.5, 0.6) is 0 Å². The molecule has 2 rings (SSSR count). The van der Waals surface area contributed by atoms with Crippen LogP contribution in [0.15, 0.2) is 41.2 Å². The van der Waals surface area contributed by atoms with Crippen LogP contribution in [0.25, 0.3) is 0 Å². The maximum atomic E-state index is 12.9. The van der Waals surface area contributed by atoms with Crippen LogP contribution in [-0.4, -0.2) is 5.11 Å². The fourth-order valence-electron chi connectivity index (χ4n) is 1.52. The van der Waals surface area contributed by atoms with Crippen LogP contribution < -0.4 is 0 Å². The number of halogens is 2. The van der Waals surface area contributed by atoms with E-state index in [1.54, 1.807) is 6.07 Å². The molecule has 0 bridgehead atoms. The topological polar surface area (TPSA) is 33.4 Å². The minimum atomic E-state index is -0.942. The summed E-state index contributed by atoms with van der Waals surface area (Å²) in [4.78, 5) is 0. The van der Waals surface area contributed by atoms with E-state index < -0.39 is 17.7 Å². The lowest BCUT2D eigenvalue weighted by molar-refractivity contribution is 0.177. The summed E-state index contributed by atoms with van der Waals surface area (Å²) in [5, 5.41) is 9.77. The standard InChI is InChI=1S/C12H10F2O2/c13-10-4-9(5-11(14)6-10)12(15)3-8-1-2-16-7-8/h1-2,4-7,12,15H,3H2. The highest BCUT2D eigenvalue weighted by Crippen LogP contribution is 2.20. The lowest BCUT2D eigenvalue weighted by atomic mass is 10.0. The van der Waals surface area contributed by atoms with Crippen molar-refractivity contribution in [2.24, 2.45) is 0 Å². The fraction of sp³-hybridized carbons (Fsp3) is 0.167. The van der Waals surface area contributed by atoms with Crippen molar-refractivity contribution in [3.63, 3.8) is 0 Å². The molecule has 0 aliphatic rings. The molecule has 0 amide bonds. The molecule has 2 nitrogen and oxygen atoms in total. The molecule has 0 spiro atoms. The van der Waals surface area contributed by atoms with E-state index in [1.807, 2.05) is 0 Å². The van der Waals surface area contributed by atoms with E-state index in [0.29, 0.717) is 0 Å². The van der Waals surface area contributed by atoms with Crippen LogP contribution in [0, 0.1) is 11.6 Å². The van der Waals surface area contributed by atoms with Crippen LogP contribution in [0.4, 0.5) is 8.78 Å². The molecule has 4 heteroatoms. The van der Waals surface area contributed by atoms with Crippen LogP contribution in [0.2, 0.25) is 0 Å². The third-order valence-corrected chi connectivity index (χ3v) is 2.28. The zero-order valence-electron chi connectivity index (χ0n) is 8.36. The predicted molar refractivity (Wildman–Crippen MR) is 53.7 cm³/mol. The van der Waals surface area contributed by atoms with Gasteiger partial charge in [-0.15, -0.1) is 0 Å². The second-order valence-corrected chi connectivity index (χ2v) is 3.55. The third-order valence-electron chi connectivity index (χ3n) is 2.28. The minimum Gasteiger partial charge on any atom is -0.472 e. The number of aliphatic hydroxyl groups excluding tert-OH is 1. The maximum Gasteiger partial charge on any atom is 0.126 e. The summed E-state index contributed by atoms with van der Waals surface area (Å²) in [6.07, 6.45) is 2.29. The van der Waals surface area contributed by atoms with Gasteiger partial charge in [-0.3, -0.25) is 0 Å². The Labute approximate surface area is 91.1 Å². The molecule has 1 heterocycles. The molecule has 0 aliphatic heterocycles. The molecule has 16 heavy (non-hydrogen) atoms. The van der Waals surface area contributed by atoms with Crippen molar-refractivity contribution in [2.75, 3.05) is 0 Å². The zero-order valence-corrected chi connectivity index (χ0v) is 8.36. The van der Waals surface area contributed by atoms with E-state index in [1.165, 1.54) is 12.5 Å².